The van der Waals surface area contributed by atoms with Crippen LogP contribution in [0.1, 0.15) is 12.8 Å². The second-order valence-electron chi connectivity index (χ2n) is 3.14. The summed E-state index contributed by atoms with van der Waals surface area (Å²) < 4.78 is 4.61. The van der Waals surface area contributed by atoms with Gasteiger partial charge in [0.1, 0.15) is 7.85 Å². The van der Waals surface area contributed by atoms with Crippen molar-refractivity contribution < 1.29 is 9.53 Å². The standard InChI is InChI=1S/C7H14BNO2/c1-11-7(10)9-4-2-6(8)3-5-9/h6H,2-5,8H2,1H3. The minimum atomic E-state index is -0.183. The number of carbonyl (C=O) groups excluding carboxylic acids is 1. The van der Waals surface area contributed by atoms with E-state index in [4.69, 9.17) is 0 Å². The van der Waals surface area contributed by atoms with Gasteiger partial charge in [0.05, 0.1) is 7.11 Å². The molecular formula is C7H14BNO2. The van der Waals surface area contributed by atoms with Crippen molar-refractivity contribution in [1.82, 2.24) is 4.90 Å². The van der Waals surface area contributed by atoms with Gasteiger partial charge in [0.25, 0.3) is 0 Å². The Bertz CT molecular complexity index is 143. The van der Waals surface area contributed by atoms with Crippen LogP contribution in [0, 0.1) is 0 Å². The Hall–Kier alpha value is -0.665. The number of carbonyl (C=O) groups is 1. The molecule has 0 aromatic carbocycles. The first-order valence-corrected chi connectivity index (χ1v) is 4.07. The van der Waals surface area contributed by atoms with Crippen molar-refractivity contribution in [3.63, 3.8) is 0 Å². The molecule has 0 radical (unpaired) electrons. The first-order chi connectivity index (χ1) is 5.24. The number of nitrogens with zero attached hydrogens (tertiary/aromatic N) is 1. The van der Waals surface area contributed by atoms with Gasteiger partial charge in [-0.1, -0.05) is 5.82 Å². The quantitative estimate of drug-likeness (QED) is 0.470. The number of ether oxygens (including phenoxy) is 1. The van der Waals surface area contributed by atoms with Crippen LogP contribution in [0.15, 0.2) is 0 Å². The molecule has 0 unspecified atom stereocenters. The van der Waals surface area contributed by atoms with E-state index in [1.807, 2.05) is 0 Å². The lowest BCUT2D eigenvalue weighted by Crippen LogP contribution is -2.37. The fourth-order valence-corrected chi connectivity index (χ4v) is 1.32. The van der Waals surface area contributed by atoms with Crippen LogP contribution < -0.4 is 0 Å². The Balaban J connectivity index is 2.33. The van der Waals surface area contributed by atoms with Gasteiger partial charge in [0, 0.05) is 13.1 Å². The molecule has 62 valence electrons. The van der Waals surface area contributed by atoms with Crippen molar-refractivity contribution in [3.8, 4) is 0 Å². The number of rotatable bonds is 0. The molecular weight excluding hydrogens is 141 g/mol. The van der Waals surface area contributed by atoms with Gasteiger partial charge in [-0.05, 0) is 12.8 Å². The molecule has 0 N–H and O–H groups in total. The third-order valence-electron chi connectivity index (χ3n) is 2.22. The molecule has 0 aromatic rings. The molecule has 1 fully saturated rings. The monoisotopic (exact) mass is 155 g/mol. The summed E-state index contributed by atoms with van der Waals surface area (Å²) in [5.74, 6) is 0.760. The average Bonchev–Trinajstić information content (AvgIpc) is 2.05. The lowest BCUT2D eigenvalue weighted by atomic mass is 9.80. The maximum absolute atomic E-state index is 11.0. The molecule has 0 atom stereocenters. The van der Waals surface area contributed by atoms with E-state index in [-0.39, 0.29) is 6.09 Å². The van der Waals surface area contributed by atoms with Gasteiger partial charge < -0.3 is 9.64 Å². The summed E-state index contributed by atoms with van der Waals surface area (Å²) >= 11 is 0. The third kappa shape index (κ3) is 2.14. The Labute approximate surface area is 68.1 Å². The number of piperidine rings is 1. The Morgan fingerprint density at radius 2 is 2.09 bits per heavy atom. The van der Waals surface area contributed by atoms with Crippen LogP contribution in [0.3, 0.4) is 0 Å². The van der Waals surface area contributed by atoms with Crippen LogP contribution in [-0.4, -0.2) is 39.0 Å². The molecule has 0 saturated carbocycles. The van der Waals surface area contributed by atoms with Crippen LogP contribution in [0.5, 0.6) is 0 Å². The molecule has 1 aliphatic rings. The van der Waals surface area contributed by atoms with Crippen molar-refractivity contribution in [1.29, 1.82) is 0 Å². The van der Waals surface area contributed by atoms with Gasteiger partial charge in [0.15, 0.2) is 0 Å². The maximum atomic E-state index is 11.0. The van der Waals surface area contributed by atoms with E-state index in [1.54, 1.807) is 4.90 Å². The molecule has 1 rings (SSSR count). The molecule has 4 heteroatoms. The third-order valence-corrected chi connectivity index (χ3v) is 2.22. The van der Waals surface area contributed by atoms with Gasteiger partial charge >= 0.3 is 6.09 Å². The molecule has 3 nitrogen and oxygen atoms in total. The molecule has 1 heterocycles. The summed E-state index contributed by atoms with van der Waals surface area (Å²) in [5.41, 5.74) is 0. The van der Waals surface area contributed by atoms with E-state index in [0.29, 0.717) is 0 Å². The zero-order chi connectivity index (χ0) is 8.27. The Morgan fingerprint density at radius 3 is 2.55 bits per heavy atom. The summed E-state index contributed by atoms with van der Waals surface area (Å²) in [5, 5.41) is 0. The summed E-state index contributed by atoms with van der Waals surface area (Å²) in [7, 11) is 3.65. The van der Waals surface area contributed by atoms with E-state index in [9.17, 15) is 4.79 Å². The second-order valence-corrected chi connectivity index (χ2v) is 3.14. The molecule has 0 spiro atoms. The normalized spacial score (nSPS) is 19.9. The molecule has 1 aliphatic heterocycles. The van der Waals surface area contributed by atoms with Crippen LogP contribution in [0.2, 0.25) is 5.82 Å². The highest BCUT2D eigenvalue weighted by molar-refractivity contribution is 6.11. The zero-order valence-electron chi connectivity index (χ0n) is 7.17. The average molecular weight is 155 g/mol. The zero-order valence-corrected chi connectivity index (χ0v) is 7.17. The molecule has 11 heavy (non-hydrogen) atoms. The van der Waals surface area contributed by atoms with Gasteiger partial charge in [0.2, 0.25) is 0 Å². The lowest BCUT2D eigenvalue weighted by molar-refractivity contribution is 0.115. The highest BCUT2D eigenvalue weighted by atomic mass is 16.5. The van der Waals surface area contributed by atoms with Crippen molar-refractivity contribution >= 4 is 13.9 Å². The van der Waals surface area contributed by atoms with Gasteiger partial charge in [-0.3, -0.25) is 0 Å². The number of methoxy groups -OCH3 is 1. The summed E-state index contributed by atoms with van der Waals surface area (Å²) in [6, 6.07) is 0. The topological polar surface area (TPSA) is 29.5 Å². The Morgan fingerprint density at radius 1 is 1.55 bits per heavy atom. The van der Waals surface area contributed by atoms with Crippen molar-refractivity contribution in [2.45, 2.75) is 18.7 Å². The minimum absolute atomic E-state index is 0.183. The maximum Gasteiger partial charge on any atom is 0.409 e. The lowest BCUT2D eigenvalue weighted by Gasteiger charge is -2.28. The fraction of sp³-hybridized carbons (Fsp3) is 0.857. The summed E-state index contributed by atoms with van der Waals surface area (Å²) in [4.78, 5) is 12.7. The van der Waals surface area contributed by atoms with Gasteiger partial charge in [-0.2, -0.15) is 0 Å². The van der Waals surface area contributed by atoms with E-state index in [0.717, 1.165) is 31.7 Å². The number of hydrogen-bond acceptors (Lipinski definition) is 2. The molecule has 0 bridgehead atoms. The number of amides is 1. The summed E-state index contributed by atoms with van der Waals surface area (Å²) in [6.07, 6.45) is 2.03. The first-order valence-electron chi connectivity index (χ1n) is 4.07. The minimum Gasteiger partial charge on any atom is -0.453 e. The van der Waals surface area contributed by atoms with E-state index >= 15 is 0 Å². The van der Waals surface area contributed by atoms with Crippen LogP contribution >= 0.6 is 0 Å². The van der Waals surface area contributed by atoms with Crippen LogP contribution in [0.25, 0.3) is 0 Å². The molecule has 1 amide bonds. The van der Waals surface area contributed by atoms with Crippen molar-refractivity contribution in [2.24, 2.45) is 0 Å². The fourth-order valence-electron chi connectivity index (χ4n) is 1.32. The predicted octanol–water partition coefficient (Wildman–Crippen LogP) is 0.270. The SMILES string of the molecule is BC1CCN(C(=O)OC)CC1. The molecule has 0 aromatic heterocycles. The predicted molar refractivity (Wildman–Crippen MR) is 45.5 cm³/mol. The first kappa shape index (κ1) is 8.43. The molecule has 0 aliphatic carbocycles. The van der Waals surface area contributed by atoms with Crippen LogP contribution in [0.4, 0.5) is 4.79 Å². The smallest absolute Gasteiger partial charge is 0.409 e. The van der Waals surface area contributed by atoms with Crippen molar-refractivity contribution in [2.75, 3.05) is 20.2 Å². The number of hydrogen-bond donors (Lipinski definition) is 0. The highest BCUT2D eigenvalue weighted by Gasteiger charge is 2.19. The van der Waals surface area contributed by atoms with Crippen molar-refractivity contribution in [3.05, 3.63) is 0 Å². The largest absolute Gasteiger partial charge is 0.453 e. The summed E-state index contributed by atoms with van der Waals surface area (Å²) in [6.45, 7) is 1.71. The van der Waals surface area contributed by atoms with E-state index in [2.05, 4.69) is 12.6 Å². The Kier molecular flexibility index (Phi) is 2.80. The number of likely N-dealkylation sites (tertiary alicyclic amines) is 1. The molecule has 1 saturated heterocycles. The highest BCUT2D eigenvalue weighted by Crippen LogP contribution is 2.18. The van der Waals surface area contributed by atoms with E-state index in [1.165, 1.54) is 7.11 Å². The van der Waals surface area contributed by atoms with Gasteiger partial charge in [-0.25, -0.2) is 4.79 Å². The van der Waals surface area contributed by atoms with E-state index < -0.39 is 0 Å². The van der Waals surface area contributed by atoms with Crippen LogP contribution in [-0.2, 0) is 4.74 Å². The van der Waals surface area contributed by atoms with Gasteiger partial charge in [-0.15, -0.1) is 0 Å². The second kappa shape index (κ2) is 3.65.